The van der Waals surface area contributed by atoms with E-state index in [1.54, 1.807) is 11.6 Å². The quantitative estimate of drug-likeness (QED) is 0.834. The zero-order valence-electron chi connectivity index (χ0n) is 11.5. The van der Waals surface area contributed by atoms with Crippen LogP contribution in [0.15, 0.2) is 0 Å². The number of aromatic nitrogens is 2. The Labute approximate surface area is 112 Å². The molecule has 2 heterocycles. The van der Waals surface area contributed by atoms with Gasteiger partial charge in [0.15, 0.2) is 5.69 Å². The molecular formula is C13H21N3O3. The van der Waals surface area contributed by atoms with Crippen molar-refractivity contribution in [3.05, 3.63) is 11.4 Å². The summed E-state index contributed by atoms with van der Waals surface area (Å²) in [6, 6.07) is 0. The van der Waals surface area contributed by atoms with E-state index in [4.69, 9.17) is 15.2 Å². The minimum absolute atomic E-state index is 0.368. The molecule has 1 fully saturated rings. The van der Waals surface area contributed by atoms with Crippen LogP contribution in [-0.2, 0) is 16.0 Å². The van der Waals surface area contributed by atoms with E-state index in [9.17, 15) is 4.79 Å². The average Bonchev–Trinajstić information content (AvgIpc) is 2.73. The Bertz CT molecular complexity index is 450. The molecule has 19 heavy (non-hydrogen) atoms. The van der Waals surface area contributed by atoms with E-state index in [1.807, 2.05) is 6.92 Å². The number of nitrogens with zero attached hydrogens (tertiary/aromatic N) is 2. The Morgan fingerprint density at radius 2 is 2.21 bits per heavy atom. The molecule has 1 aromatic heterocycles. The minimum atomic E-state index is -0.383. The average molecular weight is 267 g/mol. The summed E-state index contributed by atoms with van der Waals surface area (Å²) in [5, 5.41) is 4.22. The van der Waals surface area contributed by atoms with Crippen LogP contribution in [0.25, 0.3) is 0 Å². The molecule has 1 aliphatic heterocycles. The van der Waals surface area contributed by atoms with E-state index in [2.05, 4.69) is 5.10 Å². The van der Waals surface area contributed by atoms with Gasteiger partial charge in [-0.1, -0.05) is 0 Å². The van der Waals surface area contributed by atoms with Gasteiger partial charge in [0.1, 0.15) is 0 Å². The van der Waals surface area contributed by atoms with E-state index in [-0.39, 0.29) is 5.97 Å². The van der Waals surface area contributed by atoms with Crippen LogP contribution in [0.1, 0.15) is 35.9 Å². The fourth-order valence-electron chi connectivity index (χ4n) is 2.21. The summed E-state index contributed by atoms with van der Waals surface area (Å²) >= 11 is 0. The summed E-state index contributed by atoms with van der Waals surface area (Å²) < 4.78 is 12.2. The van der Waals surface area contributed by atoms with Gasteiger partial charge in [-0.05, 0) is 32.6 Å². The van der Waals surface area contributed by atoms with E-state index >= 15 is 0 Å². The van der Waals surface area contributed by atoms with E-state index < -0.39 is 0 Å². The van der Waals surface area contributed by atoms with Crippen molar-refractivity contribution in [2.45, 2.75) is 33.2 Å². The van der Waals surface area contributed by atoms with Crippen LogP contribution >= 0.6 is 0 Å². The second kappa shape index (κ2) is 6.06. The molecule has 106 valence electrons. The standard InChI is InChI=1S/C13H21N3O3/c1-3-16-12(11(14)9(2)15-16)13(17)19-8-10-4-6-18-7-5-10/h10H,3-8,14H2,1-2H3. The van der Waals surface area contributed by atoms with Gasteiger partial charge in [-0.25, -0.2) is 4.79 Å². The Balaban J connectivity index is 1.99. The number of esters is 1. The number of ether oxygens (including phenoxy) is 2. The van der Waals surface area contributed by atoms with Crippen molar-refractivity contribution in [3.8, 4) is 0 Å². The molecule has 1 aliphatic rings. The normalized spacial score (nSPS) is 16.5. The van der Waals surface area contributed by atoms with Gasteiger partial charge in [-0.2, -0.15) is 5.10 Å². The van der Waals surface area contributed by atoms with Crippen LogP contribution in [0.4, 0.5) is 5.69 Å². The highest BCUT2D eigenvalue weighted by molar-refractivity contribution is 5.93. The van der Waals surface area contributed by atoms with Gasteiger partial charge in [-0.3, -0.25) is 4.68 Å². The van der Waals surface area contributed by atoms with Gasteiger partial charge in [0.25, 0.3) is 0 Å². The number of carbonyl (C=O) groups is 1. The highest BCUT2D eigenvalue weighted by atomic mass is 16.5. The van der Waals surface area contributed by atoms with E-state index in [0.717, 1.165) is 26.1 Å². The molecule has 0 amide bonds. The number of rotatable bonds is 4. The van der Waals surface area contributed by atoms with Gasteiger partial charge >= 0.3 is 5.97 Å². The third-order valence-corrected chi connectivity index (χ3v) is 3.46. The minimum Gasteiger partial charge on any atom is -0.461 e. The topological polar surface area (TPSA) is 79.4 Å². The monoisotopic (exact) mass is 267 g/mol. The second-order valence-electron chi connectivity index (χ2n) is 4.82. The van der Waals surface area contributed by atoms with Crippen LogP contribution < -0.4 is 5.73 Å². The summed E-state index contributed by atoms with van der Waals surface area (Å²) in [7, 11) is 0. The molecule has 0 aliphatic carbocycles. The first-order valence-corrected chi connectivity index (χ1v) is 6.71. The van der Waals surface area contributed by atoms with Crippen LogP contribution in [-0.4, -0.2) is 35.6 Å². The Morgan fingerprint density at radius 1 is 1.53 bits per heavy atom. The SMILES string of the molecule is CCn1nc(C)c(N)c1C(=O)OCC1CCOCC1. The lowest BCUT2D eigenvalue weighted by Crippen LogP contribution is -2.23. The van der Waals surface area contributed by atoms with Gasteiger partial charge in [0, 0.05) is 19.8 Å². The summed E-state index contributed by atoms with van der Waals surface area (Å²) in [5.41, 5.74) is 7.33. The van der Waals surface area contributed by atoms with Crippen molar-refractivity contribution in [2.75, 3.05) is 25.6 Å². The van der Waals surface area contributed by atoms with Crippen LogP contribution in [0, 0.1) is 12.8 Å². The zero-order valence-corrected chi connectivity index (χ0v) is 11.5. The maximum absolute atomic E-state index is 12.1. The van der Waals surface area contributed by atoms with Gasteiger partial charge in [0.05, 0.1) is 18.0 Å². The molecule has 0 radical (unpaired) electrons. The number of hydrogen-bond donors (Lipinski definition) is 1. The Hall–Kier alpha value is -1.56. The van der Waals surface area contributed by atoms with E-state index in [0.29, 0.717) is 36.1 Å². The number of carbonyl (C=O) groups excluding carboxylic acids is 1. The van der Waals surface area contributed by atoms with Crippen molar-refractivity contribution in [3.63, 3.8) is 0 Å². The first-order chi connectivity index (χ1) is 9.13. The predicted octanol–water partition coefficient (Wildman–Crippen LogP) is 1.38. The van der Waals surface area contributed by atoms with Gasteiger partial charge in [-0.15, -0.1) is 0 Å². The van der Waals surface area contributed by atoms with Crippen molar-refractivity contribution in [2.24, 2.45) is 5.92 Å². The molecule has 0 atom stereocenters. The summed E-state index contributed by atoms with van der Waals surface area (Å²) in [6.45, 7) is 6.22. The van der Waals surface area contributed by atoms with E-state index in [1.165, 1.54) is 0 Å². The van der Waals surface area contributed by atoms with Gasteiger partial charge in [0.2, 0.25) is 0 Å². The molecule has 0 unspecified atom stereocenters. The molecule has 0 aromatic carbocycles. The fourth-order valence-corrected chi connectivity index (χ4v) is 2.21. The van der Waals surface area contributed by atoms with Crippen LogP contribution in [0.2, 0.25) is 0 Å². The number of nitrogen functional groups attached to an aromatic ring is 1. The van der Waals surface area contributed by atoms with Crippen molar-refractivity contribution in [1.82, 2.24) is 9.78 Å². The molecule has 1 saturated heterocycles. The third kappa shape index (κ3) is 3.07. The maximum atomic E-state index is 12.1. The molecule has 0 saturated carbocycles. The second-order valence-corrected chi connectivity index (χ2v) is 4.82. The smallest absolute Gasteiger partial charge is 0.358 e. The largest absolute Gasteiger partial charge is 0.461 e. The van der Waals surface area contributed by atoms with Crippen LogP contribution in [0.5, 0.6) is 0 Å². The first-order valence-electron chi connectivity index (χ1n) is 6.71. The number of anilines is 1. The molecule has 2 N–H and O–H groups in total. The molecule has 1 aromatic rings. The van der Waals surface area contributed by atoms with Crippen LogP contribution in [0.3, 0.4) is 0 Å². The summed E-state index contributed by atoms with van der Waals surface area (Å²) in [6.07, 6.45) is 1.88. The molecule has 0 bridgehead atoms. The Kier molecular flexibility index (Phi) is 4.42. The summed E-state index contributed by atoms with van der Waals surface area (Å²) in [5.74, 6) is 0.00413. The summed E-state index contributed by atoms with van der Waals surface area (Å²) in [4.78, 5) is 12.1. The zero-order chi connectivity index (χ0) is 13.8. The lowest BCUT2D eigenvalue weighted by atomic mass is 10.0. The molecule has 6 heteroatoms. The number of aryl methyl sites for hydroxylation is 2. The molecule has 6 nitrogen and oxygen atoms in total. The lowest BCUT2D eigenvalue weighted by Gasteiger charge is -2.21. The fraction of sp³-hybridized carbons (Fsp3) is 0.692. The van der Waals surface area contributed by atoms with Crippen molar-refractivity contribution < 1.29 is 14.3 Å². The molecule has 2 rings (SSSR count). The van der Waals surface area contributed by atoms with Gasteiger partial charge < -0.3 is 15.2 Å². The molecule has 0 spiro atoms. The number of nitrogens with two attached hydrogens (primary N) is 1. The highest BCUT2D eigenvalue weighted by Crippen LogP contribution is 2.19. The number of hydrogen-bond acceptors (Lipinski definition) is 5. The Morgan fingerprint density at radius 3 is 2.84 bits per heavy atom. The predicted molar refractivity (Wildman–Crippen MR) is 70.9 cm³/mol. The lowest BCUT2D eigenvalue weighted by molar-refractivity contribution is 0.0178. The van der Waals surface area contributed by atoms with Crippen molar-refractivity contribution in [1.29, 1.82) is 0 Å². The van der Waals surface area contributed by atoms with Crippen molar-refractivity contribution >= 4 is 11.7 Å². The maximum Gasteiger partial charge on any atom is 0.358 e. The highest BCUT2D eigenvalue weighted by Gasteiger charge is 2.22. The first kappa shape index (κ1) is 13.9. The third-order valence-electron chi connectivity index (χ3n) is 3.46. The molecular weight excluding hydrogens is 246 g/mol.